The number of aromatic nitrogens is 2. The monoisotopic (exact) mass is 321 g/mol. The van der Waals surface area contributed by atoms with Gasteiger partial charge in [0.2, 0.25) is 5.82 Å². The summed E-state index contributed by atoms with van der Waals surface area (Å²) in [7, 11) is 1.42. The molecule has 7 heteroatoms. The van der Waals surface area contributed by atoms with E-state index in [4.69, 9.17) is 20.9 Å². The third-order valence-electron chi connectivity index (χ3n) is 3.82. The summed E-state index contributed by atoms with van der Waals surface area (Å²) in [6, 6.07) is 7.75. The van der Waals surface area contributed by atoms with E-state index in [0.717, 1.165) is 18.4 Å². The highest BCUT2D eigenvalue weighted by Gasteiger charge is 2.28. The van der Waals surface area contributed by atoms with Crippen molar-refractivity contribution in [1.82, 2.24) is 10.1 Å². The number of halogens is 1. The van der Waals surface area contributed by atoms with Gasteiger partial charge < -0.3 is 14.2 Å². The second kappa shape index (κ2) is 6.36. The summed E-state index contributed by atoms with van der Waals surface area (Å²) in [5, 5.41) is 4.66. The third kappa shape index (κ3) is 3.06. The number of hydrogen-bond donors (Lipinski definition) is 0. The fourth-order valence-corrected chi connectivity index (χ4v) is 2.66. The van der Waals surface area contributed by atoms with Crippen molar-refractivity contribution in [2.45, 2.75) is 12.8 Å². The second-order valence-electron chi connectivity index (χ2n) is 5.19. The maximum Gasteiger partial charge on any atom is 0.324 e. The Hall–Kier alpha value is -2.08. The maximum absolute atomic E-state index is 11.5. The summed E-state index contributed by atoms with van der Waals surface area (Å²) in [4.78, 5) is 17.9. The topological polar surface area (TPSA) is 68.5 Å². The van der Waals surface area contributed by atoms with E-state index >= 15 is 0 Å². The zero-order valence-corrected chi connectivity index (χ0v) is 12.9. The molecular weight excluding hydrogens is 306 g/mol. The van der Waals surface area contributed by atoms with Crippen LogP contribution in [0.4, 0.5) is 6.01 Å². The van der Waals surface area contributed by atoms with E-state index < -0.39 is 0 Å². The van der Waals surface area contributed by atoms with Crippen LogP contribution in [0.2, 0.25) is 5.02 Å². The zero-order valence-electron chi connectivity index (χ0n) is 12.2. The van der Waals surface area contributed by atoms with Gasteiger partial charge in [0.05, 0.1) is 13.0 Å². The first-order chi connectivity index (χ1) is 10.7. The van der Waals surface area contributed by atoms with E-state index in [1.807, 2.05) is 17.0 Å². The minimum absolute atomic E-state index is 0.0418. The average Bonchev–Trinajstić information content (AvgIpc) is 3.05. The summed E-state index contributed by atoms with van der Waals surface area (Å²) < 4.78 is 10.1. The molecule has 0 radical (unpaired) electrons. The predicted octanol–water partition coefficient (Wildman–Crippen LogP) is 2.78. The fourth-order valence-electron chi connectivity index (χ4n) is 2.53. The molecule has 0 N–H and O–H groups in total. The minimum atomic E-state index is -0.146. The molecule has 0 aliphatic carbocycles. The molecule has 1 fully saturated rings. The Kier molecular flexibility index (Phi) is 4.29. The molecule has 0 unspecified atom stereocenters. The van der Waals surface area contributed by atoms with Crippen LogP contribution in [0.1, 0.15) is 12.8 Å². The highest BCUT2D eigenvalue weighted by atomic mass is 35.5. The number of hydrogen-bond acceptors (Lipinski definition) is 6. The van der Waals surface area contributed by atoms with E-state index in [0.29, 0.717) is 30.0 Å². The van der Waals surface area contributed by atoms with Crippen LogP contribution in [-0.2, 0) is 9.53 Å². The number of piperidine rings is 1. The number of methoxy groups -OCH3 is 1. The molecule has 0 spiro atoms. The van der Waals surface area contributed by atoms with Gasteiger partial charge in [0.1, 0.15) is 0 Å². The summed E-state index contributed by atoms with van der Waals surface area (Å²) >= 11 is 5.87. The molecule has 3 rings (SSSR count). The van der Waals surface area contributed by atoms with E-state index in [-0.39, 0.29) is 11.9 Å². The molecule has 6 nitrogen and oxygen atoms in total. The van der Waals surface area contributed by atoms with Crippen LogP contribution in [0.5, 0.6) is 0 Å². The molecule has 1 saturated heterocycles. The van der Waals surface area contributed by atoms with Crippen molar-refractivity contribution in [2.75, 3.05) is 25.1 Å². The summed E-state index contributed by atoms with van der Waals surface area (Å²) in [5.74, 6) is 0.341. The number of carbonyl (C=O) groups excluding carboxylic acids is 1. The number of rotatable bonds is 3. The van der Waals surface area contributed by atoms with E-state index in [9.17, 15) is 4.79 Å². The van der Waals surface area contributed by atoms with Crippen molar-refractivity contribution in [1.29, 1.82) is 0 Å². The molecule has 0 saturated carbocycles. The Balaban J connectivity index is 1.67. The van der Waals surface area contributed by atoms with Crippen LogP contribution in [0, 0.1) is 5.92 Å². The Morgan fingerprint density at radius 3 is 2.64 bits per heavy atom. The lowest BCUT2D eigenvalue weighted by atomic mass is 9.97. The molecule has 2 heterocycles. The Morgan fingerprint density at radius 1 is 1.32 bits per heavy atom. The van der Waals surface area contributed by atoms with Crippen LogP contribution in [0.25, 0.3) is 11.4 Å². The third-order valence-corrected chi connectivity index (χ3v) is 4.07. The van der Waals surface area contributed by atoms with E-state index in [1.54, 1.807) is 12.1 Å². The summed E-state index contributed by atoms with van der Waals surface area (Å²) in [6.07, 6.45) is 1.46. The second-order valence-corrected chi connectivity index (χ2v) is 5.63. The number of carbonyl (C=O) groups is 1. The quantitative estimate of drug-likeness (QED) is 0.810. The number of anilines is 1. The first-order valence-electron chi connectivity index (χ1n) is 7.10. The molecule has 1 aromatic heterocycles. The van der Waals surface area contributed by atoms with Gasteiger partial charge in [-0.3, -0.25) is 4.79 Å². The zero-order chi connectivity index (χ0) is 15.5. The lowest BCUT2D eigenvalue weighted by Gasteiger charge is -2.28. The molecular formula is C15H16ClN3O3. The highest BCUT2D eigenvalue weighted by molar-refractivity contribution is 6.30. The van der Waals surface area contributed by atoms with Crippen molar-refractivity contribution in [3.8, 4) is 11.4 Å². The number of nitrogens with zero attached hydrogens (tertiary/aromatic N) is 3. The Morgan fingerprint density at radius 2 is 2.00 bits per heavy atom. The number of ether oxygens (including phenoxy) is 1. The van der Waals surface area contributed by atoms with Crippen molar-refractivity contribution < 1.29 is 14.1 Å². The van der Waals surface area contributed by atoms with Crippen molar-refractivity contribution in [2.24, 2.45) is 5.92 Å². The van der Waals surface area contributed by atoms with Gasteiger partial charge in [-0.25, -0.2) is 0 Å². The fraction of sp³-hybridized carbons (Fsp3) is 0.400. The molecule has 0 bridgehead atoms. The SMILES string of the molecule is COC(=O)C1CCN(c2nc(-c3ccc(Cl)cc3)no2)CC1. The molecule has 0 amide bonds. The van der Waals surface area contributed by atoms with Crippen LogP contribution >= 0.6 is 11.6 Å². The lowest BCUT2D eigenvalue weighted by molar-refractivity contribution is -0.146. The standard InChI is InChI=1S/C15H16ClN3O3/c1-21-14(20)11-6-8-19(9-7-11)15-17-13(18-22-15)10-2-4-12(16)5-3-10/h2-5,11H,6-9H2,1H3. The summed E-state index contributed by atoms with van der Waals surface area (Å²) in [6.45, 7) is 1.39. The first kappa shape index (κ1) is 14.8. The van der Waals surface area contributed by atoms with Gasteiger partial charge in [-0.15, -0.1) is 0 Å². The molecule has 1 aromatic carbocycles. The smallest absolute Gasteiger partial charge is 0.324 e. The van der Waals surface area contributed by atoms with Gasteiger partial charge in [-0.05, 0) is 37.1 Å². The number of benzene rings is 1. The van der Waals surface area contributed by atoms with Gasteiger partial charge >= 0.3 is 12.0 Å². The molecule has 116 valence electrons. The molecule has 1 aliphatic heterocycles. The summed E-state index contributed by atoms with van der Waals surface area (Å²) in [5.41, 5.74) is 0.851. The van der Waals surface area contributed by atoms with Crippen LogP contribution in [0.3, 0.4) is 0 Å². The lowest BCUT2D eigenvalue weighted by Crippen LogP contribution is -2.36. The van der Waals surface area contributed by atoms with Gasteiger partial charge in [-0.2, -0.15) is 4.98 Å². The maximum atomic E-state index is 11.5. The molecule has 0 atom stereocenters. The Bertz CT molecular complexity index is 648. The predicted molar refractivity (Wildman–Crippen MR) is 81.7 cm³/mol. The average molecular weight is 322 g/mol. The van der Waals surface area contributed by atoms with Crippen LogP contribution < -0.4 is 4.90 Å². The molecule has 2 aromatic rings. The van der Waals surface area contributed by atoms with Crippen molar-refractivity contribution in [3.05, 3.63) is 29.3 Å². The largest absolute Gasteiger partial charge is 0.469 e. The van der Waals surface area contributed by atoms with Crippen LogP contribution in [0.15, 0.2) is 28.8 Å². The molecule has 1 aliphatic rings. The first-order valence-corrected chi connectivity index (χ1v) is 7.47. The van der Waals surface area contributed by atoms with Crippen LogP contribution in [-0.4, -0.2) is 36.3 Å². The normalized spacial score (nSPS) is 15.8. The van der Waals surface area contributed by atoms with Gasteiger partial charge in [0.15, 0.2) is 0 Å². The van der Waals surface area contributed by atoms with Crippen molar-refractivity contribution >= 4 is 23.6 Å². The van der Waals surface area contributed by atoms with Gasteiger partial charge in [0, 0.05) is 23.7 Å². The number of esters is 1. The van der Waals surface area contributed by atoms with Gasteiger partial charge in [-0.1, -0.05) is 16.8 Å². The molecule has 22 heavy (non-hydrogen) atoms. The highest BCUT2D eigenvalue weighted by Crippen LogP contribution is 2.25. The van der Waals surface area contributed by atoms with E-state index in [2.05, 4.69) is 10.1 Å². The Labute approximate surface area is 133 Å². The minimum Gasteiger partial charge on any atom is -0.469 e. The van der Waals surface area contributed by atoms with E-state index in [1.165, 1.54) is 7.11 Å². The van der Waals surface area contributed by atoms with Crippen molar-refractivity contribution in [3.63, 3.8) is 0 Å². The van der Waals surface area contributed by atoms with Gasteiger partial charge in [0.25, 0.3) is 0 Å².